The summed E-state index contributed by atoms with van der Waals surface area (Å²) < 4.78 is 0. The van der Waals surface area contributed by atoms with E-state index in [-0.39, 0.29) is 17.7 Å². The smallest absolute Gasteiger partial charge is 0.251 e. The Kier molecular flexibility index (Phi) is 7.47. The number of nitrogens with one attached hydrogen (secondary N) is 1. The molecular formula is C20H30ClN3O2. The van der Waals surface area contributed by atoms with E-state index in [1.807, 2.05) is 18.7 Å². The van der Waals surface area contributed by atoms with Crippen molar-refractivity contribution in [1.29, 1.82) is 0 Å². The van der Waals surface area contributed by atoms with Gasteiger partial charge in [-0.1, -0.05) is 39.3 Å². The van der Waals surface area contributed by atoms with Gasteiger partial charge in [0, 0.05) is 43.3 Å². The average molecular weight is 380 g/mol. The fourth-order valence-corrected chi connectivity index (χ4v) is 3.33. The van der Waals surface area contributed by atoms with Crippen LogP contribution >= 0.6 is 11.6 Å². The summed E-state index contributed by atoms with van der Waals surface area (Å²) in [5.41, 5.74) is 0.509. The minimum Gasteiger partial charge on any atom is -0.340 e. The Morgan fingerprint density at radius 2 is 1.62 bits per heavy atom. The summed E-state index contributed by atoms with van der Waals surface area (Å²) in [7, 11) is 0. The van der Waals surface area contributed by atoms with Crippen LogP contribution < -0.4 is 5.32 Å². The highest BCUT2D eigenvalue weighted by molar-refractivity contribution is 6.30. The summed E-state index contributed by atoms with van der Waals surface area (Å²) in [5, 5.41) is 3.49. The SMILES string of the molecule is CC(C)CN1CCN(C(=O)C(NC(=O)c2ccc(Cl)cc2)C(C)C)CC1. The van der Waals surface area contributed by atoms with E-state index in [1.54, 1.807) is 24.3 Å². The molecule has 5 nitrogen and oxygen atoms in total. The molecule has 1 aromatic carbocycles. The van der Waals surface area contributed by atoms with Crippen molar-refractivity contribution in [3.63, 3.8) is 0 Å². The molecule has 2 rings (SSSR count). The van der Waals surface area contributed by atoms with Crippen LogP contribution in [0.25, 0.3) is 0 Å². The van der Waals surface area contributed by atoms with Gasteiger partial charge in [-0.25, -0.2) is 0 Å². The molecule has 0 saturated carbocycles. The first-order chi connectivity index (χ1) is 12.3. The second-order valence-electron chi connectivity index (χ2n) is 7.72. The lowest BCUT2D eigenvalue weighted by Gasteiger charge is -2.37. The maximum absolute atomic E-state index is 13.0. The van der Waals surface area contributed by atoms with Crippen molar-refractivity contribution in [2.24, 2.45) is 11.8 Å². The number of amides is 2. The van der Waals surface area contributed by atoms with E-state index >= 15 is 0 Å². The highest BCUT2D eigenvalue weighted by Crippen LogP contribution is 2.13. The van der Waals surface area contributed by atoms with E-state index in [2.05, 4.69) is 24.1 Å². The molecule has 1 aromatic rings. The minimum absolute atomic E-state index is 0.00603. The topological polar surface area (TPSA) is 52.6 Å². The monoisotopic (exact) mass is 379 g/mol. The molecule has 26 heavy (non-hydrogen) atoms. The lowest BCUT2D eigenvalue weighted by atomic mass is 10.0. The minimum atomic E-state index is -0.519. The molecule has 1 fully saturated rings. The van der Waals surface area contributed by atoms with E-state index in [1.165, 1.54) is 0 Å². The molecule has 0 bridgehead atoms. The van der Waals surface area contributed by atoms with Crippen LogP contribution in [-0.2, 0) is 4.79 Å². The fraction of sp³-hybridized carbons (Fsp3) is 0.600. The van der Waals surface area contributed by atoms with Gasteiger partial charge in [0.1, 0.15) is 6.04 Å². The lowest BCUT2D eigenvalue weighted by molar-refractivity contribution is -0.136. The van der Waals surface area contributed by atoms with Gasteiger partial charge in [0.25, 0.3) is 5.91 Å². The molecule has 144 valence electrons. The van der Waals surface area contributed by atoms with Crippen LogP contribution in [0.1, 0.15) is 38.1 Å². The number of piperazine rings is 1. The van der Waals surface area contributed by atoms with Crippen molar-refractivity contribution in [1.82, 2.24) is 15.1 Å². The quantitative estimate of drug-likeness (QED) is 0.826. The van der Waals surface area contributed by atoms with E-state index in [0.29, 0.717) is 29.6 Å². The highest BCUT2D eigenvalue weighted by Gasteiger charge is 2.31. The molecular weight excluding hydrogens is 350 g/mol. The van der Waals surface area contributed by atoms with Crippen LogP contribution in [0.3, 0.4) is 0 Å². The van der Waals surface area contributed by atoms with Gasteiger partial charge in [-0.3, -0.25) is 14.5 Å². The predicted octanol–water partition coefficient (Wildman–Crippen LogP) is 2.89. The van der Waals surface area contributed by atoms with Gasteiger partial charge in [0.05, 0.1) is 0 Å². The highest BCUT2D eigenvalue weighted by atomic mass is 35.5. The number of hydrogen-bond acceptors (Lipinski definition) is 3. The van der Waals surface area contributed by atoms with Crippen LogP contribution in [-0.4, -0.2) is 60.4 Å². The maximum atomic E-state index is 13.0. The first kappa shape index (κ1) is 20.7. The van der Waals surface area contributed by atoms with Gasteiger partial charge in [-0.15, -0.1) is 0 Å². The normalized spacial score (nSPS) is 16.8. The molecule has 2 amide bonds. The molecule has 1 heterocycles. The Balaban J connectivity index is 1.97. The molecule has 0 spiro atoms. The van der Waals surface area contributed by atoms with Crippen molar-refractivity contribution in [2.45, 2.75) is 33.7 Å². The standard InChI is InChI=1S/C20H30ClN3O2/c1-14(2)13-23-9-11-24(12-10-23)20(26)18(15(3)4)22-19(25)16-5-7-17(21)8-6-16/h5-8,14-15,18H,9-13H2,1-4H3,(H,22,25). The Labute approximate surface area is 161 Å². The van der Waals surface area contributed by atoms with Gasteiger partial charge in [-0.2, -0.15) is 0 Å². The second-order valence-corrected chi connectivity index (χ2v) is 8.16. The van der Waals surface area contributed by atoms with Crippen LogP contribution in [0.4, 0.5) is 0 Å². The van der Waals surface area contributed by atoms with Gasteiger partial charge in [0.15, 0.2) is 0 Å². The Bertz CT molecular complexity index is 608. The van der Waals surface area contributed by atoms with Crippen LogP contribution in [0.5, 0.6) is 0 Å². The fourth-order valence-electron chi connectivity index (χ4n) is 3.20. The molecule has 1 atom stereocenters. The molecule has 1 aliphatic rings. The van der Waals surface area contributed by atoms with Crippen molar-refractivity contribution in [3.8, 4) is 0 Å². The maximum Gasteiger partial charge on any atom is 0.251 e. The summed E-state index contributed by atoms with van der Waals surface area (Å²) in [6.07, 6.45) is 0. The lowest BCUT2D eigenvalue weighted by Crippen LogP contribution is -2.56. The third-order valence-electron chi connectivity index (χ3n) is 4.63. The van der Waals surface area contributed by atoms with Gasteiger partial charge in [0.2, 0.25) is 5.91 Å². The number of hydrogen-bond donors (Lipinski definition) is 1. The van der Waals surface area contributed by atoms with Gasteiger partial charge < -0.3 is 10.2 Å². The summed E-state index contributed by atoms with van der Waals surface area (Å²) in [6.45, 7) is 12.6. The van der Waals surface area contributed by atoms with Gasteiger partial charge in [-0.05, 0) is 36.1 Å². The number of nitrogens with zero attached hydrogens (tertiary/aromatic N) is 2. The first-order valence-electron chi connectivity index (χ1n) is 9.35. The predicted molar refractivity (Wildman–Crippen MR) is 105 cm³/mol. The van der Waals surface area contributed by atoms with Crippen molar-refractivity contribution in [2.75, 3.05) is 32.7 Å². The number of carbonyl (C=O) groups is 2. The Morgan fingerprint density at radius 3 is 2.12 bits per heavy atom. The number of rotatable bonds is 6. The summed E-state index contributed by atoms with van der Waals surface area (Å²) in [5.74, 6) is 0.408. The van der Waals surface area contributed by atoms with Crippen LogP contribution in [0.2, 0.25) is 5.02 Å². The molecule has 6 heteroatoms. The zero-order valence-electron chi connectivity index (χ0n) is 16.2. The number of halogens is 1. The number of carbonyl (C=O) groups excluding carboxylic acids is 2. The molecule has 1 unspecified atom stereocenters. The largest absolute Gasteiger partial charge is 0.340 e. The number of benzene rings is 1. The molecule has 0 aliphatic carbocycles. The van der Waals surface area contributed by atoms with E-state index in [4.69, 9.17) is 11.6 Å². The molecule has 1 aliphatic heterocycles. The molecule has 1 saturated heterocycles. The van der Waals surface area contributed by atoms with Crippen molar-refractivity contribution < 1.29 is 9.59 Å². The average Bonchev–Trinajstić information content (AvgIpc) is 2.59. The summed E-state index contributed by atoms with van der Waals surface area (Å²) in [6, 6.07) is 6.18. The van der Waals surface area contributed by atoms with E-state index in [0.717, 1.165) is 19.6 Å². The third-order valence-corrected chi connectivity index (χ3v) is 4.89. The summed E-state index contributed by atoms with van der Waals surface area (Å²) >= 11 is 5.87. The van der Waals surface area contributed by atoms with Crippen molar-refractivity contribution >= 4 is 23.4 Å². The summed E-state index contributed by atoms with van der Waals surface area (Å²) in [4.78, 5) is 29.7. The third kappa shape index (κ3) is 5.71. The zero-order valence-corrected chi connectivity index (χ0v) is 16.9. The van der Waals surface area contributed by atoms with E-state index < -0.39 is 6.04 Å². The van der Waals surface area contributed by atoms with Crippen LogP contribution in [0.15, 0.2) is 24.3 Å². The van der Waals surface area contributed by atoms with Crippen LogP contribution in [0, 0.1) is 11.8 Å². The zero-order chi connectivity index (χ0) is 19.3. The Morgan fingerprint density at radius 1 is 1.04 bits per heavy atom. The second kappa shape index (κ2) is 9.38. The molecule has 1 N–H and O–H groups in total. The Hall–Kier alpha value is -1.59. The molecule has 0 aromatic heterocycles. The van der Waals surface area contributed by atoms with E-state index in [9.17, 15) is 9.59 Å². The van der Waals surface area contributed by atoms with Crippen molar-refractivity contribution in [3.05, 3.63) is 34.9 Å². The first-order valence-corrected chi connectivity index (χ1v) is 9.73. The van der Waals surface area contributed by atoms with Gasteiger partial charge >= 0.3 is 0 Å². The molecule has 0 radical (unpaired) electrons.